The average molecular weight is 296 g/mol. The van der Waals surface area contributed by atoms with Crippen LogP contribution in [0.1, 0.15) is 42.1 Å². The first-order chi connectivity index (χ1) is 8.22. The van der Waals surface area contributed by atoms with Crippen LogP contribution in [0.4, 0.5) is 0 Å². The number of benzene rings is 1. The summed E-state index contributed by atoms with van der Waals surface area (Å²) in [4.78, 5) is 12.6. The molecule has 1 aromatic carbocycles. The Labute approximate surface area is 111 Å². The predicted octanol–water partition coefficient (Wildman–Crippen LogP) is 3.29. The number of amides is 1. The van der Waals surface area contributed by atoms with Gasteiger partial charge in [-0.05, 0) is 30.9 Å². The molecule has 0 aliphatic heterocycles. The van der Waals surface area contributed by atoms with Gasteiger partial charge in [-0.3, -0.25) is 4.79 Å². The SMILES string of the molecule is CCc1ccccc1C(=O)NC1CCCC1Br. The number of rotatable bonds is 3. The summed E-state index contributed by atoms with van der Waals surface area (Å²) in [5.41, 5.74) is 1.94. The molecule has 1 amide bonds. The van der Waals surface area contributed by atoms with Crippen molar-refractivity contribution in [1.29, 1.82) is 0 Å². The second-order valence-corrected chi connectivity index (χ2v) is 5.71. The Morgan fingerprint density at radius 1 is 1.41 bits per heavy atom. The van der Waals surface area contributed by atoms with Gasteiger partial charge in [-0.25, -0.2) is 0 Å². The fraction of sp³-hybridized carbons (Fsp3) is 0.500. The van der Waals surface area contributed by atoms with Crippen molar-refractivity contribution in [3.8, 4) is 0 Å². The molecule has 2 atom stereocenters. The van der Waals surface area contributed by atoms with E-state index in [2.05, 4.69) is 28.2 Å². The van der Waals surface area contributed by atoms with E-state index >= 15 is 0 Å². The monoisotopic (exact) mass is 295 g/mol. The normalized spacial score (nSPS) is 23.6. The molecule has 17 heavy (non-hydrogen) atoms. The molecule has 1 N–H and O–H groups in total. The molecule has 0 bridgehead atoms. The van der Waals surface area contributed by atoms with Crippen molar-refractivity contribution in [3.05, 3.63) is 35.4 Å². The van der Waals surface area contributed by atoms with E-state index in [0.29, 0.717) is 4.83 Å². The second kappa shape index (κ2) is 5.67. The summed E-state index contributed by atoms with van der Waals surface area (Å²) in [6.45, 7) is 2.08. The maximum atomic E-state index is 12.2. The van der Waals surface area contributed by atoms with Crippen molar-refractivity contribution in [1.82, 2.24) is 5.32 Å². The van der Waals surface area contributed by atoms with E-state index in [-0.39, 0.29) is 11.9 Å². The number of hydrogen-bond donors (Lipinski definition) is 1. The van der Waals surface area contributed by atoms with Gasteiger partial charge in [-0.2, -0.15) is 0 Å². The second-order valence-electron chi connectivity index (χ2n) is 4.54. The van der Waals surface area contributed by atoms with Gasteiger partial charge in [-0.15, -0.1) is 0 Å². The van der Waals surface area contributed by atoms with Crippen LogP contribution in [-0.4, -0.2) is 16.8 Å². The minimum absolute atomic E-state index is 0.0683. The van der Waals surface area contributed by atoms with Gasteiger partial charge in [0.1, 0.15) is 0 Å². The van der Waals surface area contributed by atoms with Crippen LogP contribution in [0.5, 0.6) is 0 Å². The highest BCUT2D eigenvalue weighted by molar-refractivity contribution is 9.09. The van der Waals surface area contributed by atoms with Gasteiger partial charge >= 0.3 is 0 Å². The third-order valence-electron chi connectivity index (χ3n) is 3.39. The van der Waals surface area contributed by atoms with Crippen LogP contribution in [0.2, 0.25) is 0 Å². The standard InChI is InChI=1S/C14H18BrNO/c1-2-10-6-3-4-7-11(10)14(17)16-13-9-5-8-12(13)15/h3-4,6-7,12-13H,2,5,8-9H2,1H3,(H,16,17). The molecule has 0 saturated heterocycles. The number of carbonyl (C=O) groups is 1. The van der Waals surface area contributed by atoms with Crippen molar-refractivity contribution in [3.63, 3.8) is 0 Å². The Balaban J connectivity index is 2.09. The molecule has 2 nitrogen and oxygen atoms in total. The molecule has 1 aliphatic rings. The van der Waals surface area contributed by atoms with Crippen LogP contribution in [-0.2, 0) is 6.42 Å². The Morgan fingerprint density at radius 3 is 2.82 bits per heavy atom. The molecule has 1 fully saturated rings. The number of alkyl halides is 1. The van der Waals surface area contributed by atoms with Crippen LogP contribution in [0, 0.1) is 0 Å². The van der Waals surface area contributed by atoms with Gasteiger partial charge in [0, 0.05) is 16.4 Å². The number of aryl methyl sites for hydroxylation is 1. The summed E-state index contributed by atoms with van der Waals surface area (Å²) in [6, 6.07) is 8.13. The molecule has 2 unspecified atom stereocenters. The van der Waals surface area contributed by atoms with E-state index in [0.717, 1.165) is 30.4 Å². The van der Waals surface area contributed by atoms with Gasteiger partial charge in [0.05, 0.1) is 0 Å². The molecule has 2 rings (SSSR count). The maximum absolute atomic E-state index is 12.2. The molecule has 92 valence electrons. The van der Waals surface area contributed by atoms with E-state index in [4.69, 9.17) is 0 Å². The number of carbonyl (C=O) groups excluding carboxylic acids is 1. The summed E-state index contributed by atoms with van der Waals surface area (Å²) in [6.07, 6.45) is 4.32. The van der Waals surface area contributed by atoms with E-state index < -0.39 is 0 Å². The summed E-state index contributed by atoms with van der Waals surface area (Å²) < 4.78 is 0. The largest absolute Gasteiger partial charge is 0.348 e. The van der Waals surface area contributed by atoms with Crippen LogP contribution < -0.4 is 5.32 Å². The fourth-order valence-electron chi connectivity index (χ4n) is 2.37. The Bertz CT molecular complexity index is 405. The van der Waals surface area contributed by atoms with Crippen molar-refractivity contribution < 1.29 is 4.79 Å². The van der Waals surface area contributed by atoms with Gasteiger partial charge < -0.3 is 5.32 Å². The number of nitrogens with one attached hydrogen (secondary N) is 1. The van der Waals surface area contributed by atoms with E-state index in [1.807, 2.05) is 24.3 Å². The van der Waals surface area contributed by atoms with E-state index in [9.17, 15) is 4.79 Å². The highest BCUT2D eigenvalue weighted by Crippen LogP contribution is 2.26. The summed E-state index contributed by atoms with van der Waals surface area (Å²) in [5, 5.41) is 3.13. The smallest absolute Gasteiger partial charge is 0.251 e. The first-order valence-corrected chi connectivity index (χ1v) is 7.16. The third-order valence-corrected chi connectivity index (χ3v) is 4.49. The van der Waals surface area contributed by atoms with Crippen molar-refractivity contribution in [2.45, 2.75) is 43.5 Å². The molecule has 1 aliphatic carbocycles. The molecule has 3 heteroatoms. The topological polar surface area (TPSA) is 29.1 Å². The van der Waals surface area contributed by atoms with E-state index in [1.165, 1.54) is 6.42 Å². The third kappa shape index (κ3) is 2.89. The number of halogens is 1. The Kier molecular flexibility index (Phi) is 4.21. The lowest BCUT2D eigenvalue weighted by Crippen LogP contribution is -2.38. The van der Waals surface area contributed by atoms with Gasteiger partial charge in [0.15, 0.2) is 0 Å². The molecular weight excluding hydrogens is 278 g/mol. The number of hydrogen-bond acceptors (Lipinski definition) is 1. The Morgan fingerprint density at radius 2 is 2.18 bits per heavy atom. The van der Waals surface area contributed by atoms with Crippen LogP contribution in [0.25, 0.3) is 0 Å². The molecule has 0 heterocycles. The quantitative estimate of drug-likeness (QED) is 0.852. The predicted molar refractivity (Wildman–Crippen MR) is 73.6 cm³/mol. The van der Waals surface area contributed by atoms with Gasteiger partial charge in [-0.1, -0.05) is 47.5 Å². The first-order valence-electron chi connectivity index (χ1n) is 6.25. The zero-order valence-corrected chi connectivity index (χ0v) is 11.7. The Hall–Kier alpha value is -0.830. The molecule has 0 spiro atoms. The highest BCUT2D eigenvalue weighted by atomic mass is 79.9. The van der Waals surface area contributed by atoms with Crippen LogP contribution in [0.15, 0.2) is 24.3 Å². The summed E-state index contributed by atoms with van der Waals surface area (Å²) >= 11 is 3.63. The minimum atomic E-state index is 0.0683. The van der Waals surface area contributed by atoms with E-state index in [1.54, 1.807) is 0 Å². The lowest BCUT2D eigenvalue weighted by atomic mass is 10.0. The summed E-state index contributed by atoms with van der Waals surface area (Å²) in [7, 11) is 0. The van der Waals surface area contributed by atoms with Gasteiger partial charge in [0.25, 0.3) is 5.91 Å². The fourth-order valence-corrected chi connectivity index (χ4v) is 3.09. The molecule has 1 aromatic rings. The van der Waals surface area contributed by atoms with Crippen molar-refractivity contribution in [2.24, 2.45) is 0 Å². The lowest BCUT2D eigenvalue weighted by molar-refractivity contribution is 0.0938. The van der Waals surface area contributed by atoms with Crippen molar-refractivity contribution >= 4 is 21.8 Å². The van der Waals surface area contributed by atoms with Crippen LogP contribution >= 0.6 is 15.9 Å². The lowest BCUT2D eigenvalue weighted by Gasteiger charge is -2.17. The molecule has 0 radical (unpaired) electrons. The van der Waals surface area contributed by atoms with Crippen molar-refractivity contribution in [2.75, 3.05) is 0 Å². The van der Waals surface area contributed by atoms with Crippen LogP contribution in [0.3, 0.4) is 0 Å². The zero-order chi connectivity index (χ0) is 12.3. The zero-order valence-electron chi connectivity index (χ0n) is 10.1. The molecule has 0 aromatic heterocycles. The maximum Gasteiger partial charge on any atom is 0.251 e. The summed E-state index contributed by atoms with van der Waals surface area (Å²) in [5.74, 6) is 0.0683. The average Bonchev–Trinajstić information content (AvgIpc) is 2.75. The highest BCUT2D eigenvalue weighted by Gasteiger charge is 2.26. The molecular formula is C14H18BrNO. The molecule has 1 saturated carbocycles. The first kappa shape index (κ1) is 12.6. The van der Waals surface area contributed by atoms with Gasteiger partial charge in [0.2, 0.25) is 0 Å². The minimum Gasteiger partial charge on any atom is -0.348 e.